The van der Waals surface area contributed by atoms with E-state index in [2.05, 4.69) is 21.0 Å². The van der Waals surface area contributed by atoms with Crippen LogP contribution in [0.4, 0.5) is 5.69 Å². The van der Waals surface area contributed by atoms with E-state index in [-0.39, 0.29) is 28.5 Å². The van der Waals surface area contributed by atoms with Gasteiger partial charge in [0.05, 0.1) is 29.2 Å². The molecule has 1 aliphatic rings. The number of rotatable bonds is 8. The molecule has 36 heavy (non-hydrogen) atoms. The molecule has 2 aromatic carbocycles. The largest absolute Gasteiger partial charge is 0.493 e. The highest BCUT2D eigenvalue weighted by Crippen LogP contribution is 2.38. The maximum atomic E-state index is 13.4. The molecule has 0 saturated heterocycles. The lowest BCUT2D eigenvalue weighted by molar-refractivity contribution is -0.385. The van der Waals surface area contributed by atoms with E-state index in [1.54, 1.807) is 12.1 Å². The second kappa shape index (κ2) is 10.9. The van der Waals surface area contributed by atoms with E-state index in [0.29, 0.717) is 16.7 Å². The van der Waals surface area contributed by atoms with Crippen molar-refractivity contribution in [3.05, 3.63) is 66.7 Å². The first-order valence-electron chi connectivity index (χ1n) is 11.3. The van der Waals surface area contributed by atoms with Crippen LogP contribution < -0.4 is 15.0 Å². The van der Waals surface area contributed by atoms with Crippen LogP contribution in [0.2, 0.25) is 0 Å². The molecule has 11 nitrogen and oxygen atoms in total. The van der Waals surface area contributed by atoms with Gasteiger partial charge in [0.15, 0.2) is 12.4 Å². The van der Waals surface area contributed by atoms with Gasteiger partial charge in [-0.25, -0.2) is 9.78 Å². The van der Waals surface area contributed by atoms with Crippen LogP contribution in [0.3, 0.4) is 0 Å². The second-order valence-electron chi connectivity index (χ2n) is 8.34. The molecule has 0 radical (unpaired) electrons. The molecule has 4 rings (SSSR count). The van der Waals surface area contributed by atoms with Crippen molar-refractivity contribution < 1.29 is 24.3 Å². The zero-order valence-corrected chi connectivity index (χ0v) is 20.9. The van der Waals surface area contributed by atoms with Gasteiger partial charge < -0.3 is 14.6 Å². The summed E-state index contributed by atoms with van der Waals surface area (Å²) in [5.41, 5.74) is 0.00277. The molecule has 1 aromatic heterocycles. The van der Waals surface area contributed by atoms with Gasteiger partial charge in [-0.05, 0) is 37.1 Å². The van der Waals surface area contributed by atoms with Crippen molar-refractivity contribution in [3.8, 4) is 11.5 Å². The number of halogens is 1. The van der Waals surface area contributed by atoms with E-state index < -0.39 is 23.2 Å². The maximum absolute atomic E-state index is 13.4. The van der Waals surface area contributed by atoms with Gasteiger partial charge >= 0.3 is 11.7 Å². The number of aromatic nitrogens is 2. The Morgan fingerprint density at radius 2 is 2.06 bits per heavy atom. The Morgan fingerprint density at radius 1 is 1.31 bits per heavy atom. The SMILES string of the molecule is COc1cc(C=Nn2c(C3CCCCC3)nc3ccc(Br)cc3c2=O)cc([N+](=O)[O-])c1OCC(=O)O. The molecule has 1 aliphatic carbocycles. The first-order valence-corrected chi connectivity index (χ1v) is 12.1. The fourth-order valence-electron chi connectivity index (χ4n) is 4.28. The number of carboxylic acids is 1. The molecule has 0 bridgehead atoms. The first kappa shape index (κ1) is 25.3. The summed E-state index contributed by atoms with van der Waals surface area (Å²) < 4.78 is 12.3. The van der Waals surface area contributed by atoms with Gasteiger partial charge in [0.25, 0.3) is 5.56 Å². The number of benzene rings is 2. The van der Waals surface area contributed by atoms with Crippen molar-refractivity contribution >= 4 is 44.7 Å². The minimum atomic E-state index is -1.29. The Balaban J connectivity index is 1.83. The van der Waals surface area contributed by atoms with Gasteiger partial charge in [-0.2, -0.15) is 9.78 Å². The summed E-state index contributed by atoms with van der Waals surface area (Å²) in [7, 11) is 1.28. The standard InChI is InChI=1S/C24H23BrN4O7/c1-35-20-10-14(9-19(29(33)34)22(20)36-13-21(30)31)12-26-28-23(15-5-3-2-4-6-15)27-18-8-7-16(25)11-17(18)24(28)32/h7-12,15H,2-6,13H2,1H3,(H,30,31). The lowest BCUT2D eigenvalue weighted by Crippen LogP contribution is -2.25. The number of carboxylic acid groups (broad SMARTS) is 1. The average molecular weight is 559 g/mol. The Morgan fingerprint density at radius 3 is 2.72 bits per heavy atom. The van der Waals surface area contributed by atoms with Crippen LogP contribution in [0.15, 0.2) is 44.7 Å². The van der Waals surface area contributed by atoms with Gasteiger partial charge in [-0.1, -0.05) is 35.2 Å². The number of hydrogen-bond acceptors (Lipinski definition) is 8. The number of fused-ring (bicyclic) bond motifs is 1. The summed E-state index contributed by atoms with van der Waals surface area (Å²) >= 11 is 3.39. The summed E-state index contributed by atoms with van der Waals surface area (Å²) in [6.07, 6.45) is 6.28. The number of nitro benzene ring substituents is 1. The number of methoxy groups -OCH3 is 1. The highest BCUT2D eigenvalue weighted by molar-refractivity contribution is 9.10. The molecule has 0 spiro atoms. The van der Waals surface area contributed by atoms with E-state index in [9.17, 15) is 19.7 Å². The van der Waals surface area contributed by atoms with Gasteiger partial charge in [-0.15, -0.1) is 0 Å². The summed E-state index contributed by atoms with van der Waals surface area (Å²) in [5.74, 6) is -1.02. The third kappa shape index (κ3) is 5.38. The molecule has 0 unspecified atom stereocenters. The fourth-order valence-corrected chi connectivity index (χ4v) is 4.64. The van der Waals surface area contributed by atoms with Crippen LogP contribution in [-0.4, -0.2) is 45.6 Å². The summed E-state index contributed by atoms with van der Waals surface area (Å²) in [5, 5.41) is 25.3. The number of aliphatic carboxylic acids is 1. The van der Waals surface area contributed by atoms with Crippen LogP contribution in [0.1, 0.15) is 49.4 Å². The Kier molecular flexibility index (Phi) is 7.63. The first-order chi connectivity index (χ1) is 17.3. The molecule has 0 atom stereocenters. The van der Waals surface area contributed by atoms with E-state index in [0.717, 1.165) is 36.6 Å². The van der Waals surface area contributed by atoms with E-state index in [1.807, 2.05) is 6.07 Å². The average Bonchev–Trinajstić information content (AvgIpc) is 2.87. The predicted octanol–water partition coefficient (Wildman–Crippen LogP) is 4.47. The molecule has 188 valence electrons. The molecule has 3 aromatic rings. The molecular weight excluding hydrogens is 536 g/mol. The molecule has 1 N–H and O–H groups in total. The zero-order chi connectivity index (χ0) is 25.8. The topological polar surface area (TPSA) is 146 Å². The highest BCUT2D eigenvalue weighted by Gasteiger charge is 2.24. The zero-order valence-electron chi connectivity index (χ0n) is 19.3. The van der Waals surface area contributed by atoms with Gasteiger partial charge in [0.1, 0.15) is 5.82 Å². The minimum absolute atomic E-state index is 0.0349. The van der Waals surface area contributed by atoms with Crippen molar-refractivity contribution in [2.45, 2.75) is 38.0 Å². The summed E-state index contributed by atoms with van der Waals surface area (Å²) in [6.45, 7) is -0.775. The highest BCUT2D eigenvalue weighted by atomic mass is 79.9. The van der Waals surface area contributed by atoms with Crippen LogP contribution >= 0.6 is 15.9 Å². The Labute approximate surface area is 213 Å². The lowest BCUT2D eigenvalue weighted by atomic mass is 9.88. The normalized spacial score (nSPS) is 14.3. The predicted molar refractivity (Wildman–Crippen MR) is 135 cm³/mol. The van der Waals surface area contributed by atoms with E-state index >= 15 is 0 Å². The lowest BCUT2D eigenvalue weighted by Gasteiger charge is -2.22. The number of hydrogen-bond donors (Lipinski definition) is 1. The molecule has 0 amide bonds. The van der Waals surface area contributed by atoms with Crippen molar-refractivity contribution in [3.63, 3.8) is 0 Å². The Hall–Kier alpha value is -3.80. The quantitative estimate of drug-likeness (QED) is 0.242. The third-order valence-corrected chi connectivity index (χ3v) is 6.43. The van der Waals surface area contributed by atoms with Crippen LogP contribution in [0, 0.1) is 10.1 Å². The number of nitro groups is 1. The summed E-state index contributed by atoms with van der Waals surface area (Å²) in [4.78, 5) is 40.1. The molecule has 1 fully saturated rings. The van der Waals surface area contributed by atoms with Gasteiger partial charge in [0.2, 0.25) is 5.75 Å². The fraction of sp³-hybridized carbons (Fsp3) is 0.333. The van der Waals surface area contributed by atoms with E-state index in [4.69, 9.17) is 19.6 Å². The van der Waals surface area contributed by atoms with Crippen LogP contribution in [0.25, 0.3) is 10.9 Å². The third-order valence-electron chi connectivity index (χ3n) is 5.94. The second-order valence-corrected chi connectivity index (χ2v) is 9.25. The smallest absolute Gasteiger partial charge is 0.341 e. The Bertz CT molecular complexity index is 1410. The van der Waals surface area contributed by atoms with Gasteiger partial charge in [-0.3, -0.25) is 14.9 Å². The maximum Gasteiger partial charge on any atom is 0.341 e. The molecule has 1 heterocycles. The monoisotopic (exact) mass is 558 g/mol. The molecule has 0 aliphatic heterocycles. The number of nitrogens with zero attached hydrogens (tertiary/aromatic N) is 4. The number of ether oxygens (including phenoxy) is 2. The van der Waals surface area contributed by atoms with Crippen LogP contribution in [-0.2, 0) is 4.79 Å². The van der Waals surface area contributed by atoms with Crippen molar-refractivity contribution in [1.29, 1.82) is 0 Å². The summed E-state index contributed by atoms with van der Waals surface area (Å²) in [6, 6.07) is 7.89. The number of carbonyl (C=O) groups is 1. The van der Waals surface area contributed by atoms with Gasteiger partial charge in [0, 0.05) is 22.0 Å². The van der Waals surface area contributed by atoms with Crippen molar-refractivity contribution in [1.82, 2.24) is 9.66 Å². The van der Waals surface area contributed by atoms with E-state index in [1.165, 1.54) is 30.1 Å². The molecule has 1 saturated carbocycles. The molecule has 12 heteroatoms. The van der Waals surface area contributed by atoms with Crippen LogP contribution in [0.5, 0.6) is 11.5 Å². The van der Waals surface area contributed by atoms with Crippen molar-refractivity contribution in [2.24, 2.45) is 5.10 Å². The minimum Gasteiger partial charge on any atom is -0.493 e. The molecular formula is C24H23BrN4O7. The van der Waals surface area contributed by atoms with Crippen molar-refractivity contribution in [2.75, 3.05) is 13.7 Å².